The zero-order valence-corrected chi connectivity index (χ0v) is 8.13. The van der Waals surface area contributed by atoms with Gasteiger partial charge < -0.3 is 5.21 Å². The van der Waals surface area contributed by atoms with E-state index >= 15 is 0 Å². The molecule has 1 heterocycles. The molecule has 0 saturated heterocycles. The van der Waals surface area contributed by atoms with Crippen LogP contribution in [0.15, 0.2) is 27.8 Å². The average molecular weight is 253 g/mol. The van der Waals surface area contributed by atoms with Crippen LogP contribution in [0.5, 0.6) is 0 Å². The lowest BCUT2D eigenvalue weighted by atomic mass is 10.5. The fraction of sp³-hybridized carbons (Fsp3) is 0. The molecule has 0 unspecified atom stereocenters. The Bertz CT molecular complexity index is 378. The Morgan fingerprint density at radius 1 is 1.58 bits per heavy atom. The Labute approximate surface area is 77.6 Å². The van der Waals surface area contributed by atoms with Crippen molar-refractivity contribution < 1.29 is 13.6 Å². The molecule has 1 rings (SSSR count). The maximum absolute atomic E-state index is 11.0. The van der Waals surface area contributed by atoms with E-state index in [1.807, 2.05) is 0 Å². The number of nitrogens with one attached hydrogen (secondary N) is 1. The van der Waals surface area contributed by atoms with E-state index in [0.29, 0.717) is 4.47 Å². The highest BCUT2D eigenvalue weighted by atomic mass is 79.9. The number of halogens is 1. The minimum absolute atomic E-state index is 0.243. The number of aromatic nitrogens is 1. The maximum atomic E-state index is 11.0. The van der Waals surface area contributed by atoms with Crippen LogP contribution in [0.2, 0.25) is 0 Å². The molecular weight excluding hydrogens is 248 g/mol. The fourth-order valence-corrected chi connectivity index (χ4v) is 2.12. The highest BCUT2D eigenvalue weighted by Gasteiger charge is 2.16. The van der Waals surface area contributed by atoms with E-state index in [0.717, 1.165) is 0 Å². The first-order valence-electron chi connectivity index (χ1n) is 2.84. The zero-order valence-electron chi connectivity index (χ0n) is 5.73. The summed E-state index contributed by atoms with van der Waals surface area (Å²) in [5, 5.41) is 8.03. The summed E-state index contributed by atoms with van der Waals surface area (Å²) in [5.41, 5.74) is 0. The van der Waals surface area contributed by atoms with Gasteiger partial charge in [-0.15, -0.1) is 0 Å². The summed E-state index contributed by atoms with van der Waals surface area (Å²) in [5.74, 6) is 0. The van der Waals surface area contributed by atoms with Gasteiger partial charge in [0.15, 0.2) is 5.03 Å². The summed E-state index contributed by atoms with van der Waals surface area (Å²) in [6.45, 7) is 0. The Morgan fingerprint density at radius 2 is 2.25 bits per heavy atom. The van der Waals surface area contributed by atoms with Gasteiger partial charge in [-0.25, -0.2) is 13.4 Å². The minimum atomic E-state index is -3.88. The predicted molar refractivity (Wildman–Crippen MR) is 44.0 cm³/mol. The number of hydrogen-bond acceptors (Lipinski definition) is 4. The molecule has 12 heavy (non-hydrogen) atoms. The van der Waals surface area contributed by atoms with Gasteiger partial charge in [0.1, 0.15) is 0 Å². The standard InChI is InChI=1S/C5H5BrN2O3S/c6-4-2-1-3-7-5(4)12(10,11)8-9/h1-3,8-9H. The van der Waals surface area contributed by atoms with Gasteiger partial charge in [0, 0.05) is 6.20 Å². The van der Waals surface area contributed by atoms with Crippen molar-refractivity contribution in [3.05, 3.63) is 22.8 Å². The fourth-order valence-electron chi connectivity index (χ4n) is 0.612. The molecular formula is C5H5BrN2O3S. The summed E-state index contributed by atoms with van der Waals surface area (Å²) in [4.78, 5) is 4.74. The van der Waals surface area contributed by atoms with Gasteiger partial charge in [0.25, 0.3) is 10.0 Å². The third-order valence-electron chi connectivity index (χ3n) is 1.10. The summed E-state index contributed by atoms with van der Waals surface area (Å²) < 4.78 is 22.2. The van der Waals surface area contributed by atoms with Crippen LogP contribution < -0.4 is 4.89 Å². The van der Waals surface area contributed by atoms with Gasteiger partial charge in [-0.05, 0) is 28.1 Å². The highest BCUT2D eigenvalue weighted by Crippen LogP contribution is 2.17. The molecule has 7 heteroatoms. The summed E-state index contributed by atoms with van der Waals surface area (Å²) in [6.07, 6.45) is 1.31. The second kappa shape index (κ2) is 3.48. The second-order valence-corrected chi connectivity index (χ2v) is 4.32. The Morgan fingerprint density at radius 3 is 2.75 bits per heavy atom. The van der Waals surface area contributed by atoms with Gasteiger partial charge in [0.05, 0.1) is 4.47 Å². The van der Waals surface area contributed by atoms with Crippen LogP contribution in [-0.4, -0.2) is 18.6 Å². The predicted octanol–water partition coefficient (Wildman–Crippen LogP) is 0.512. The lowest BCUT2D eigenvalue weighted by Crippen LogP contribution is -2.20. The van der Waals surface area contributed by atoms with Gasteiger partial charge in [0.2, 0.25) is 0 Å². The van der Waals surface area contributed by atoms with Crippen LogP contribution in [0.1, 0.15) is 0 Å². The van der Waals surface area contributed by atoms with Gasteiger partial charge in [-0.2, -0.15) is 0 Å². The summed E-state index contributed by atoms with van der Waals surface area (Å²) in [7, 11) is -3.88. The van der Waals surface area contributed by atoms with Crippen molar-refractivity contribution in [1.82, 2.24) is 9.87 Å². The SMILES string of the molecule is O=S(=O)(NO)c1ncccc1Br. The number of nitrogens with zero attached hydrogens (tertiary/aromatic N) is 1. The molecule has 66 valence electrons. The van der Waals surface area contributed by atoms with Gasteiger partial charge in [-0.3, -0.25) is 0 Å². The largest absolute Gasteiger partial charge is 0.302 e. The van der Waals surface area contributed by atoms with Crippen LogP contribution in [0, 0.1) is 0 Å². The van der Waals surface area contributed by atoms with Gasteiger partial charge in [-0.1, -0.05) is 4.89 Å². The topological polar surface area (TPSA) is 79.3 Å². The van der Waals surface area contributed by atoms with E-state index in [4.69, 9.17) is 5.21 Å². The van der Waals surface area contributed by atoms with E-state index in [-0.39, 0.29) is 5.03 Å². The molecule has 0 fully saturated rings. The van der Waals surface area contributed by atoms with Crippen LogP contribution in [-0.2, 0) is 10.0 Å². The molecule has 0 aliphatic carbocycles. The minimum Gasteiger partial charge on any atom is -0.302 e. The van der Waals surface area contributed by atoms with Crippen molar-refractivity contribution in [1.29, 1.82) is 0 Å². The van der Waals surface area contributed by atoms with E-state index in [1.54, 1.807) is 6.07 Å². The molecule has 1 aromatic heterocycles. The van der Waals surface area contributed by atoms with Crippen molar-refractivity contribution in [2.24, 2.45) is 0 Å². The monoisotopic (exact) mass is 252 g/mol. The third-order valence-corrected chi connectivity index (χ3v) is 3.08. The van der Waals surface area contributed by atoms with E-state index in [9.17, 15) is 8.42 Å². The molecule has 0 radical (unpaired) electrons. The molecule has 0 spiro atoms. The van der Waals surface area contributed by atoms with Crippen molar-refractivity contribution >= 4 is 26.0 Å². The van der Waals surface area contributed by atoms with Crippen LogP contribution in [0.25, 0.3) is 0 Å². The Hall–Kier alpha value is -0.500. The normalized spacial score (nSPS) is 11.5. The van der Waals surface area contributed by atoms with Crippen molar-refractivity contribution in [3.8, 4) is 0 Å². The molecule has 5 nitrogen and oxygen atoms in total. The lowest BCUT2D eigenvalue weighted by molar-refractivity contribution is 0.242. The first-order valence-corrected chi connectivity index (χ1v) is 5.12. The van der Waals surface area contributed by atoms with Crippen LogP contribution in [0.3, 0.4) is 0 Å². The smallest absolute Gasteiger partial charge is 0.280 e. The zero-order chi connectivity index (χ0) is 9.19. The van der Waals surface area contributed by atoms with E-state index in [1.165, 1.54) is 17.1 Å². The maximum Gasteiger partial charge on any atom is 0.280 e. The van der Waals surface area contributed by atoms with E-state index < -0.39 is 10.0 Å². The molecule has 2 N–H and O–H groups in total. The third kappa shape index (κ3) is 1.81. The quantitative estimate of drug-likeness (QED) is 0.752. The number of hydrogen-bond donors (Lipinski definition) is 2. The number of rotatable bonds is 2. The number of pyridine rings is 1. The molecule has 0 atom stereocenters. The highest BCUT2D eigenvalue weighted by molar-refractivity contribution is 9.10. The second-order valence-electron chi connectivity index (χ2n) is 1.89. The first-order chi connectivity index (χ1) is 5.58. The van der Waals surface area contributed by atoms with Crippen LogP contribution in [0.4, 0.5) is 0 Å². The average Bonchev–Trinajstić information content (AvgIpc) is 2.05. The number of sulfonamides is 1. The van der Waals surface area contributed by atoms with Crippen molar-refractivity contribution in [2.75, 3.05) is 0 Å². The Balaban J connectivity index is 3.30. The Kier molecular flexibility index (Phi) is 2.78. The molecule has 0 aromatic carbocycles. The van der Waals surface area contributed by atoms with Crippen LogP contribution >= 0.6 is 15.9 Å². The molecule has 0 aliphatic heterocycles. The molecule has 0 bridgehead atoms. The molecule has 0 aliphatic rings. The first kappa shape index (κ1) is 9.59. The summed E-state index contributed by atoms with van der Waals surface area (Å²) in [6, 6.07) is 3.08. The van der Waals surface area contributed by atoms with Crippen molar-refractivity contribution in [2.45, 2.75) is 5.03 Å². The van der Waals surface area contributed by atoms with Crippen molar-refractivity contribution in [3.63, 3.8) is 0 Å². The molecule has 0 saturated carbocycles. The summed E-state index contributed by atoms with van der Waals surface area (Å²) >= 11 is 2.98. The molecule has 1 aromatic rings. The molecule has 0 amide bonds. The lowest BCUT2D eigenvalue weighted by Gasteiger charge is -2.00. The van der Waals surface area contributed by atoms with Gasteiger partial charge >= 0.3 is 0 Å². The van der Waals surface area contributed by atoms with E-state index in [2.05, 4.69) is 20.9 Å².